The maximum atomic E-state index is 12.2. The average Bonchev–Trinajstić information content (AvgIpc) is 3.09. The Morgan fingerprint density at radius 3 is 3.04 bits per heavy atom. The summed E-state index contributed by atoms with van der Waals surface area (Å²) in [7, 11) is 1.73. The molecule has 3 aromatic rings. The monoisotopic (exact) mass is 365 g/mol. The van der Waals surface area contributed by atoms with E-state index in [2.05, 4.69) is 25.7 Å². The molecule has 1 aliphatic rings. The lowest BCUT2D eigenvalue weighted by molar-refractivity contribution is -0.157. The van der Waals surface area contributed by atoms with Gasteiger partial charge < -0.3 is 14.1 Å². The van der Waals surface area contributed by atoms with Gasteiger partial charge in [0.25, 0.3) is 6.10 Å². The molecule has 2 aromatic heterocycles. The Labute approximate surface area is 155 Å². The van der Waals surface area contributed by atoms with Crippen LogP contribution in [-0.2, 0) is 21.4 Å². The SMILES string of the molecule is CCOC(=O)C(ON=C=C1CC1n1cnc2ccccc21)c1ccnn1C. The number of carbonyl (C=O) groups is 1. The fraction of sp³-hybridized carbons (Fsp3) is 0.316. The average molecular weight is 365 g/mol. The Morgan fingerprint density at radius 1 is 1.41 bits per heavy atom. The molecule has 1 aromatic carbocycles. The van der Waals surface area contributed by atoms with E-state index in [1.807, 2.05) is 30.6 Å². The molecule has 0 radical (unpaired) electrons. The van der Waals surface area contributed by atoms with E-state index in [1.165, 1.54) is 0 Å². The van der Waals surface area contributed by atoms with Crippen LogP contribution in [0.1, 0.15) is 31.2 Å². The first kappa shape index (κ1) is 17.1. The first-order valence-corrected chi connectivity index (χ1v) is 8.72. The van der Waals surface area contributed by atoms with E-state index in [9.17, 15) is 4.79 Å². The van der Waals surface area contributed by atoms with E-state index >= 15 is 0 Å². The molecule has 2 unspecified atom stereocenters. The van der Waals surface area contributed by atoms with Crippen LogP contribution in [0.2, 0.25) is 0 Å². The maximum absolute atomic E-state index is 12.2. The smallest absolute Gasteiger partial charge is 0.356 e. The lowest BCUT2D eigenvalue weighted by Crippen LogP contribution is -2.20. The van der Waals surface area contributed by atoms with Crippen LogP contribution in [0, 0.1) is 0 Å². The summed E-state index contributed by atoms with van der Waals surface area (Å²) < 4.78 is 8.72. The van der Waals surface area contributed by atoms with Gasteiger partial charge in [-0.15, -0.1) is 0 Å². The highest BCUT2D eigenvalue weighted by Crippen LogP contribution is 2.42. The summed E-state index contributed by atoms with van der Waals surface area (Å²) in [5.41, 5.74) is 3.58. The van der Waals surface area contributed by atoms with Crippen molar-refractivity contribution >= 4 is 22.9 Å². The summed E-state index contributed by atoms with van der Waals surface area (Å²) >= 11 is 0. The first-order valence-electron chi connectivity index (χ1n) is 8.72. The largest absolute Gasteiger partial charge is 0.463 e. The minimum atomic E-state index is -0.975. The Morgan fingerprint density at radius 2 is 2.26 bits per heavy atom. The second-order valence-electron chi connectivity index (χ2n) is 6.21. The van der Waals surface area contributed by atoms with Crippen molar-refractivity contribution in [2.45, 2.75) is 25.5 Å². The third-order valence-electron chi connectivity index (χ3n) is 4.45. The van der Waals surface area contributed by atoms with Crippen LogP contribution in [-0.4, -0.2) is 37.8 Å². The number of hydrogen-bond acceptors (Lipinski definition) is 6. The van der Waals surface area contributed by atoms with Crippen LogP contribution in [0.4, 0.5) is 0 Å². The molecular formula is C19H19N5O3. The molecule has 4 rings (SSSR count). The summed E-state index contributed by atoms with van der Waals surface area (Å²) in [6.07, 6.45) is 3.26. The molecule has 0 aliphatic heterocycles. The van der Waals surface area contributed by atoms with Crippen molar-refractivity contribution < 1.29 is 14.4 Å². The second-order valence-corrected chi connectivity index (χ2v) is 6.21. The lowest BCUT2D eigenvalue weighted by atomic mass is 10.2. The number of rotatable bonds is 6. The summed E-state index contributed by atoms with van der Waals surface area (Å²) in [6.45, 7) is 2.00. The van der Waals surface area contributed by atoms with Gasteiger partial charge >= 0.3 is 5.97 Å². The van der Waals surface area contributed by atoms with Gasteiger partial charge in [-0.1, -0.05) is 12.1 Å². The standard InChI is InChI=1S/C19H19N5O3/c1-3-26-19(25)18(16-8-9-21-23(16)2)27-22-11-13-10-17(13)24-12-20-14-6-4-5-7-15(14)24/h4-9,12,17-18H,3,10H2,1-2H3. The topological polar surface area (TPSA) is 83.5 Å². The molecule has 138 valence electrons. The molecule has 0 bridgehead atoms. The highest BCUT2D eigenvalue weighted by Gasteiger charge is 2.33. The summed E-state index contributed by atoms with van der Waals surface area (Å²) in [6, 6.07) is 9.83. The quantitative estimate of drug-likeness (QED) is 0.381. The normalized spacial score (nSPS) is 16.7. The van der Waals surface area contributed by atoms with Crippen LogP contribution in [0.5, 0.6) is 0 Å². The molecule has 0 amide bonds. The molecule has 1 aliphatic carbocycles. The third kappa shape index (κ3) is 3.35. The van der Waals surface area contributed by atoms with Gasteiger partial charge in [0.2, 0.25) is 0 Å². The van der Waals surface area contributed by atoms with Crippen molar-refractivity contribution in [3.63, 3.8) is 0 Å². The number of fused-ring (bicyclic) bond motifs is 1. The third-order valence-corrected chi connectivity index (χ3v) is 4.45. The fourth-order valence-corrected chi connectivity index (χ4v) is 2.98. The number of benzene rings is 1. The van der Waals surface area contributed by atoms with Crippen molar-refractivity contribution in [2.75, 3.05) is 6.61 Å². The van der Waals surface area contributed by atoms with Gasteiger partial charge in [-0.2, -0.15) is 5.10 Å². The number of ether oxygens (including phenoxy) is 1. The molecule has 27 heavy (non-hydrogen) atoms. The van der Waals surface area contributed by atoms with Gasteiger partial charge in [0.15, 0.2) is 0 Å². The Bertz CT molecular complexity index is 1040. The molecule has 8 nitrogen and oxygen atoms in total. The zero-order chi connectivity index (χ0) is 18.8. The van der Waals surface area contributed by atoms with E-state index in [1.54, 1.807) is 30.9 Å². The van der Waals surface area contributed by atoms with Crippen molar-refractivity contribution in [3.8, 4) is 0 Å². The molecule has 0 saturated heterocycles. The number of esters is 1. The number of carbonyl (C=O) groups excluding carboxylic acids is 1. The highest BCUT2D eigenvalue weighted by atomic mass is 16.7. The number of imidazole rings is 1. The molecular weight excluding hydrogens is 346 g/mol. The van der Waals surface area contributed by atoms with Gasteiger partial charge in [0, 0.05) is 31.1 Å². The van der Waals surface area contributed by atoms with E-state index in [4.69, 9.17) is 9.57 Å². The Kier molecular flexibility index (Phi) is 4.48. The summed E-state index contributed by atoms with van der Waals surface area (Å²) in [5, 5.41) is 7.97. The minimum Gasteiger partial charge on any atom is -0.463 e. The van der Waals surface area contributed by atoms with Crippen molar-refractivity contribution in [1.82, 2.24) is 19.3 Å². The molecule has 2 atom stereocenters. The lowest BCUT2D eigenvalue weighted by Gasteiger charge is -2.12. The van der Waals surface area contributed by atoms with Crippen LogP contribution >= 0.6 is 0 Å². The van der Waals surface area contributed by atoms with E-state index in [0.717, 1.165) is 23.0 Å². The van der Waals surface area contributed by atoms with Crippen LogP contribution < -0.4 is 0 Å². The van der Waals surface area contributed by atoms with Crippen molar-refractivity contribution in [3.05, 3.63) is 54.1 Å². The summed E-state index contributed by atoms with van der Waals surface area (Å²) in [5.74, 6) is 2.39. The molecule has 2 heterocycles. The number of aryl methyl sites for hydroxylation is 1. The molecule has 1 saturated carbocycles. The zero-order valence-electron chi connectivity index (χ0n) is 15.1. The van der Waals surface area contributed by atoms with E-state index < -0.39 is 12.1 Å². The van der Waals surface area contributed by atoms with Crippen LogP contribution in [0.25, 0.3) is 11.0 Å². The fourth-order valence-electron chi connectivity index (χ4n) is 2.98. The van der Waals surface area contributed by atoms with Gasteiger partial charge in [-0.25, -0.2) is 9.78 Å². The number of aromatic nitrogens is 4. The van der Waals surface area contributed by atoms with Gasteiger partial charge in [0.1, 0.15) is 0 Å². The first-order chi connectivity index (χ1) is 13.2. The molecule has 8 heteroatoms. The predicted molar refractivity (Wildman–Crippen MR) is 98.0 cm³/mol. The van der Waals surface area contributed by atoms with Crippen molar-refractivity contribution in [1.29, 1.82) is 0 Å². The Balaban J connectivity index is 1.52. The number of nitrogens with zero attached hydrogens (tertiary/aromatic N) is 5. The van der Waals surface area contributed by atoms with E-state index in [0.29, 0.717) is 5.69 Å². The highest BCUT2D eigenvalue weighted by molar-refractivity contribution is 5.77. The van der Waals surface area contributed by atoms with Gasteiger partial charge in [0.05, 0.1) is 35.7 Å². The van der Waals surface area contributed by atoms with E-state index in [-0.39, 0.29) is 12.6 Å². The molecule has 0 spiro atoms. The number of hydrogen-bond donors (Lipinski definition) is 0. The van der Waals surface area contributed by atoms with Crippen LogP contribution in [0.3, 0.4) is 0 Å². The maximum Gasteiger partial charge on any atom is 0.356 e. The number of para-hydroxylation sites is 2. The summed E-state index contributed by atoms with van der Waals surface area (Å²) in [4.78, 5) is 22.0. The number of allylic oxidation sites excluding steroid dienone is 1. The van der Waals surface area contributed by atoms with Gasteiger partial charge in [-0.05, 0) is 30.3 Å². The molecule has 1 fully saturated rings. The van der Waals surface area contributed by atoms with Gasteiger partial charge in [-0.3, -0.25) is 4.68 Å². The van der Waals surface area contributed by atoms with Crippen LogP contribution in [0.15, 0.2) is 53.6 Å². The van der Waals surface area contributed by atoms with Crippen molar-refractivity contribution in [2.24, 2.45) is 12.2 Å². The second kappa shape index (κ2) is 7.09. The molecule has 0 N–H and O–H groups in total. The zero-order valence-corrected chi connectivity index (χ0v) is 15.1. The minimum absolute atomic E-state index is 0.169. The predicted octanol–water partition coefficient (Wildman–Crippen LogP) is 2.55. The Hall–Kier alpha value is -3.38.